The summed E-state index contributed by atoms with van der Waals surface area (Å²) in [6, 6.07) is 20.5. The Morgan fingerprint density at radius 2 is 1.75 bits per heavy atom. The van der Waals surface area contributed by atoms with E-state index < -0.39 is 5.97 Å². The Labute approximate surface area is 185 Å². The minimum Gasteiger partial charge on any atom is -0.497 e. The zero-order valence-electron chi connectivity index (χ0n) is 17.9. The number of amides is 1. The number of ether oxygens (including phenoxy) is 2. The fraction of sp³-hybridized carbons (Fsp3) is 0.160. The predicted molar refractivity (Wildman–Crippen MR) is 121 cm³/mol. The number of carbonyl (C=O) groups is 2. The molecule has 0 N–H and O–H groups in total. The van der Waals surface area contributed by atoms with Crippen molar-refractivity contribution in [3.8, 4) is 11.4 Å². The first kappa shape index (κ1) is 21.1. The van der Waals surface area contributed by atoms with Crippen LogP contribution in [0.5, 0.6) is 5.75 Å². The highest BCUT2D eigenvalue weighted by Gasteiger charge is 2.14. The quantitative estimate of drug-likeness (QED) is 0.417. The lowest BCUT2D eigenvalue weighted by Crippen LogP contribution is -2.30. The average Bonchev–Trinajstić information content (AvgIpc) is 3.37. The van der Waals surface area contributed by atoms with Gasteiger partial charge in [0.15, 0.2) is 6.61 Å². The van der Waals surface area contributed by atoms with Gasteiger partial charge in [0.1, 0.15) is 5.75 Å². The molecule has 0 aliphatic carbocycles. The second-order valence-corrected chi connectivity index (χ2v) is 7.37. The van der Waals surface area contributed by atoms with Crippen LogP contribution < -0.4 is 4.74 Å². The molecule has 7 heteroatoms. The Morgan fingerprint density at radius 3 is 2.47 bits per heavy atom. The van der Waals surface area contributed by atoms with Gasteiger partial charge in [0.2, 0.25) is 0 Å². The lowest BCUT2D eigenvalue weighted by molar-refractivity contribution is -0.133. The van der Waals surface area contributed by atoms with E-state index in [0.717, 1.165) is 27.8 Å². The number of hydrogen-bond donors (Lipinski definition) is 0. The first-order valence-corrected chi connectivity index (χ1v) is 10.1. The molecule has 1 aromatic heterocycles. The minimum atomic E-state index is -0.543. The van der Waals surface area contributed by atoms with Gasteiger partial charge in [-0.05, 0) is 64.9 Å². The van der Waals surface area contributed by atoms with Gasteiger partial charge in [0.25, 0.3) is 5.91 Å². The largest absolute Gasteiger partial charge is 0.497 e. The second-order valence-electron chi connectivity index (χ2n) is 7.37. The van der Waals surface area contributed by atoms with Gasteiger partial charge < -0.3 is 14.4 Å². The highest BCUT2D eigenvalue weighted by atomic mass is 16.5. The van der Waals surface area contributed by atoms with Crippen LogP contribution in [-0.4, -0.2) is 47.3 Å². The summed E-state index contributed by atoms with van der Waals surface area (Å²) in [4.78, 5) is 26.3. The van der Waals surface area contributed by atoms with Crippen molar-refractivity contribution in [3.05, 3.63) is 90.3 Å². The smallest absolute Gasteiger partial charge is 0.338 e. The predicted octanol–water partition coefficient (Wildman–Crippen LogP) is 3.85. The highest BCUT2D eigenvalue weighted by molar-refractivity contribution is 5.91. The van der Waals surface area contributed by atoms with E-state index in [0.29, 0.717) is 12.1 Å². The number of carbonyl (C=O) groups excluding carboxylic acids is 2. The Morgan fingerprint density at radius 1 is 1.00 bits per heavy atom. The molecule has 7 nitrogen and oxygen atoms in total. The molecule has 0 atom stereocenters. The first-order chi connectivity index (χ1) is 15.5. The van der Waals surface area contributed by atoms with E-state index in [1.54, 1.807) is 54.2 Å². The molecule has 0 unspecified atom stereocenters. The zero-order chi connectivity index (χ0) is 22.5. The maximum Gasteiger partial charge on any atom is 0.338 e. The molecule has 4 aromatic rings. The van der Waals surface area contributed by atoms with Gasteiger partial charge >= 0.3 is 5.97 Å². The van der Waals surface area contributed by atoms with Crippen LogP contribution in [0, 0.1) is 0 Å². The van der Waals surface area contributed by atoms with Crippen molar-refractivity contribution < 1.29 is 19.1 Å². The van der Waals surface area contributed by atoms with Crippen LogP contribution in [0.2, 0.25) is 0 Å². The summed E-state index contributed by atoms with van der Waals surface area (Å²) >= 11 is 0. The van der Waals surface area contributed by atoms with Gasteiger partial charge in [-0.3, -0.25) is 4.79 Å². The maximum atomic E-state index is 12.5. The summed E-state index contributed by atoms with van der Waals surface area (Å²) in [5, 5.41) is 6.27. The van der Waals surface area contributed by atoms with E-state index in [1.165, 1.54) is 0 Å². The van der Waals surface area contributed by atoms with Crippen molar-refractivity contribution in [1.82, 2.24) is 14.7 Å². The molecule has 0 fully saturated rings. The van der Waals surface area contributed by atoms with Crippen molar-refractivity contribution >= 4 is 22.6 Å². The van der Waals surface area contributed by atoms with Crippen molar-refractivity contribution in [3.63, 3.8) is 0 Å². The van der Waals surface area contributed by atoms with Gasteiger partial charge in [-0.1, -0.05) is 18.2 Å². The Bertz CT molecular complexity index is 1230. The lowest BCUT2D eigenvalue weighted by Gasteiger charge is -2.17. The molecule has 1 amide bonds. The van der Waals surface area contributed by atoms with Crippen LogP contribution in [0.4, 0.5) is 0 Å². The number of likely N-dealkylation sites (N-methyl/N-ethyl adjacent to an activating group) is 1. The number of rotatable bonds is 7. The number of benzene rings is 3. The number of methoxy groups -OCH3 is 1. The second kappa shape index (κ2) is 9.34. The molecule has 0 aliphatic rings. The monoisotopic (exact) mass is 429 g/mol. The van der Waals surface area contributed by atoms with Crippen molar-refractivity contribution in [2.24, 2.45) is 0 Å². The van der Waals surface area contributed by atoms with Gasteiger partial charge in [-0.2, -0.15) is 5.10 Å². The minimum absolute atomic E-state index is 0.277. The molecule has 4 rings (SSSR count). The number of esters is 1. The molecule has 0 spiro atoms. The number of aromatic nitrogens is 2. The summed E-state index contributed by atoms with van der Waals surface area (Å²) in [6.45, 7) is 0.0952. The van der Waals surface area contributed by atoms with E-state index in [-0.39, 0.29) is 12.5 Å². The topological polar surface area (TPSA) is 73.7 Å². The van der Waals surface area contributed by atoms with Gasteiger partial charge in [0.05, 0.1) is 18.4 Å². The Hall–Kier alpha value is -4.13. The van der Waals surface area contributed by atoms with Gasteiger partial charge in [0, 0.05) is 26.0 Å². The SMILES string of the molecule is COc1ccc2cc(CN(C)C(=O)COC(=O)c3ccc(-n4cccn4)cc3)ccc2c1. The zero-order valence-corrected chi connectivity index (χ0v) is 17.9. The van der Waals surface area contributed by atoms with Crippen LogP contribution >= 0.6 is 0 Å². The first-order valence-electron chi connectivity index (χ1n) is 10.1. The standard InChI is InChI=1S/C25H23N3O4/c1-27(16-18-4-5-21-15-23(31-2)11-8-20(21)14-18)24(29)17-32-25(30)19-6-9-22(10-7-19)28-13-3-12-26-28/h3-15H,16-17H2,1-2H3. The lowest BCUT2D eigenvalue weighted by atomic mass is 10.1. The number of fused-ring (bicyclic) bond motifs is 1. The average molecular weight is 429 g/mol. The third-order valence-electron chi connectivity index (χ3n) is 5.16. The van der Waals surface area contributed by atoms with Gasteiger partial charge in [-0.25, -0.2) is 9.48 Å². The van der Waals surface area contributed by atoms with Crippen LogP contribution in [0.25, 0.3) is 16.5 Å². The van der Waals surface area contributed by atoms with Crippen LogP contribution in [0.15, 0.2) is 79.1 Å². The normalized spacial score (nSPS) is 10.7. The summed E-state index contributed by atoms with van der Waals surface area (Å²) < 4.78 is 12.2. The summed E-state index contributed by atoms with van der Waals surface area (Å²) in [5.74, 6) is -0.0184. The summed E-state index contributed by atoms with van der Waals surface area (Å²) in [7, 11) is 3.33. The summed E-state index contributed by atoms with van der Waals surface area (Å²) in [5.41, 5.74) is 2.19. The van der Waals surface area contributed by atoms with Crippen LogP contribution in [0.1, 0.15) is 15.9 Å². The van der Waals surface area contributed by atoms with Gasteiger partial charge in [-0.15, -0.1) is 0 Å². The van der Waals surface area contributed by atoms with Crippen LogP contribution in [-0.2, 0) is 16.1 Å². The molecule has 0 radical (unpaired) electrons. The summed E-state index contributed by atoms with van der Waals surface area (Å²) in [6.07, 6.45) is 3.49. The third kappa shape index (κ3) is 4.78. The molecule has 0 aliphatic heterocycles. The molecular formula is C25H23N3O4. The molecule has 32 heavy (non-hydrogen) atoms. The number of nitrogens with zero attached hydrogens (tertiary/aromatic N) is 3. The van der Waals surface area contributed by atoms with Crippen molar-refractivity contribution in [2.45, 2.75) is 6.54 Å². The van der Waals surface area contributed by atoms with E-state index in [9.17, 15) is 9.59 Å². The van der Waals surface area contributed by atoms with E-state index in [2.05, 4.69) is 5.10 Å². The Kier molecular flexibility index (Phi) is 6.17. The Balaban J connectivity index is 1.32. The highest BCUT2D eigenvalue weighted by Crippen LogP contribution is 2.22. The van der Waals surface area contributed by atoms with Crippen molar-refractivity contribution in [2.75, 3.05) is 20.8 Å². The molecule has 162 valence electrons. The molecule has 0 saturated heterocycles. The third-order valence-corrected chi connectivity index (χ3v) is 5.16. The molecular weight excluding hydrogens is 406 g/mol. The van der Waals surface area contributed by atoms with Crippen LogP contribution in [0.3, 0.4) is 0 Å². The molecule has 3 aromatic carbocycles. The van der Waals surface area contributed by atoms with E-state index in [4.69, 9.17) is 9.47 Å². The number of hydrogen-bond acceptors (Lipinski definition) is 5. The van der Waals surface area contributed by atoms with E-state index in [1.807, 2.05) is 48.7 Å². The fourth-order valence-electron chi connectivity index (χ4n) is 3.35. The van der Waals surface area contributed by atoms with E-state index >= 15 is 0 Å². The maximum absolute atomic E-state index is 12.5. The molecule has 0 bridgehead atoms. The molecule has 1 heterocycles. The van der Waals surface area contributed by atoms with Crippen molar-refractivity contribution in [1.29, 1.82) is 0 Å². The molecule has 0 saturated carbocycles. The fourth-order valence-corrected chi connectivity index (χ4v) is 3.35.